The van der Waals surface area contributed by atoms with Crippen molar-refractivity contribution in [2.24, 2.45) is 0 Å². The van der Waals surface area contributed by atoms with Crippen molar-refractivity contribution in [2.75, 3.05) is 11.9 Å². The van der Waals surface area contributed by atoms with E-state index in [1.165, 1.54) is 0 Å². The minimum Gasteiger partial charge on any atom is -0.385 e. The number of hydrogen-bond donors (Lipinski definition) is 2. The van der Waals surface area contributed by atoms with Gasteiger partial charge in [0.15, 0.2) is 0 Å². The number of hydrogen-bond acceptors (Lipinski definition) is 5. The smallest absolute Gasteiger partial charge is 0.255 e. The number of carbonyl (C=O) groups excluding carboxylic acids is 1. The number of amides is 1. The SMILES string of the molecule is CCNc1ccncc1C(=O)NCc1cccnn1. The Hall–Kier alpha value is -2.50. The highest BCUT2D eigenvalue weighted by molar-refractivity contribution is 5.99. The number of nitrogens with zero attached hydrogens (tertiary/aromatic N) is 3. The van der Waals surface area contributed by atoms with E-state index in [4.69, 9.17) is 0 Å². The molecular weight excluding hydrogens is 242 g/mol. The molecule has 0 aromatic carbocycles. The van der Waals surface area contributed by atoms with E-state index in [9.17, 15) is 4.79 Å². The molecule has 2 aromatic rings. The molecule has 2 N–H and O–H groups in total. The molecule has 2 heterocycles. The summed E-state index contributed by atoms with van der Waals surface area (Å²) in [6, 6.07) is 5.37. The zero-order valence-corrected chi connectivity index (χ0v) is 10.6. The molecule has 0 bridgehead atoms. The van der Waals surface area contributed by atoms with E-state index in [1.807, 2.05) is 13.0 Å². The molecule has 0 radical (unpaired) electrons. The summed E-state index contributed by atoms with van der Waals surface area (Å²) >= 11 is 0. The lowest BCUT2D eigenvalue weighted by Gasteiger charge is -2.09. The Balaban J connectivity index is 2.04. The molecular formula is C13H15N5O. The first-order valence-electron chi connectivity index (χ1n) is 6.04. The minimum absolute atomic E-state index is 0.185. The second-order valence-corrected chi connectivity index (χ2v) is 3.85. The van der Waals surface area contributed by atoms with Gasteiger partial charge in [0.25, 0.3) is 5.91 Å². The predicted molar refractivity (Wildman–Crippen MR) is 71.6 cm³/mol. The molecule has 0 unspecified atom stereocenters. The summed E-state index contributed by atoms with van der Waals surface area (Å²) < 4.78 is 0. The Morgan fingerprint density at radius 3 is 2.95 bits per heavy atom. The third-order valence-electron chi connectivity index (χ3n) is 2.49. The first-order valence-corrected chi connectivity index (χ1v) is 6.04. The fourth-order valence-electron chi connectivity index (χ4n) is 1.61. The molecule has 2 aromatic heterocycles. The van der Waals surface area contributed by atoms with E-state index < -0.39 is 0 Å². The van der Waals surface area contributed by atoms with Crippen molar-refractivity contribution < 1.29 is 4.79 Å². The quantitative estimate of drug-likeness (QED) is 0.842. The van der Waals surface area contributed by atoms with Gasteiger partial charge in [-0.1, -0.05) is 0 Å². The van der Waals surface area contributed by atoms with Crippen molar-refractivity contribution in [3.05, 3.63) is 48.0 Å². The molecule has 98 valence electrons. The number of carbonyl (C=O) groups is 1. The van der Waals surface area contributed by atoms with Crippen LogP contribution in [0.2, 0.25) is 0 Å². The molecule has 0 saturated heterocycles. The van der Waals surface area contributed by atoms with Crippen LogP contribution in [0.25, 0.3) is 0 Å². The van der Waals surface area contributed by atoms with Gasteiger partial charge in [-0.2, -0.15) is 10.2 Å². The predicted octanol–water partition coefficient (Wildman–Crippen LogP) is 1.23. The summed E-state index contributed by atoms with van der Waals surface area (Å²) in [4.78, 5) is 16.0. The van der Waals surface area contributed by atoms with Gasteiger partial charge >= 0.3 is 0 Å². The zero-order valence-electron chi connectivity index (χ0n) is 10.6. The number of pyridine rings is 1. The topological polar surface area (TPSA) is 79.8 Å². The van der Waals surface area contributed by atoms with Gasteiger partial charge in [-0.05, 0) is 25.1 Å². The van der Waals surface area contributed by atoms with Gasteiger partial charge in [0.05, 0.1) is 23.5 Å². The summed E-state index contributed by atoms with van der Waals surface area (Å²) in [6.07, 6.45) is 4.79. The first-order chi connectivity index (χ1) is 9.31. The highest BCUT2D eigenvalue weighted by Crippen LogP contribution is 2.12. The summed E-state index contributed by atoms with van der Waals surface area (Å²) in [5.74, 6) is -0.185. The molecule has 0 aliphatic carbocycles. The second-order valence-electron chi connectivity index (χ2n) is 3.85. The Morgan fingerprint density at radius 2 is 2.21 bits per heavy atom. The molecule has 6 nitrogen and oxygen atoms in total. The van der Waals surface area contributed by atoms with Gasteiger partial charge in [-0.3, -0.25) is 9.78 Å². The number of anilines is 1. The zero-order chi connectivity index (χ0) is 13.5. The van der Waals surface area contributed by atoms with Crippen molar-refractivity contribution >= 4 is 11.6 Å². The van der Waals surface area contributed by atoms with Crippen LogP contribution in [0.15, 0.2) is 36.8 Å². The van der Waals surface area contributed by atoms with E-state index >= 15 is 0 Å². The maximum atomic E-state index is 12.1. The van der Waals surface area contributed by atoms with Crippen LogP contribution in [-0.4, -0.2) is 27.6 Å². The van der Waals surface area contributed by atoms with Crippen LogP contribution in [-0.2, 0) is 6.54 Å². The average molecular weight is 257 g/mol. The molecule has 0 aliphatic rings. The van der Waals surface area contributed by atoms with Gasteiger partial charge < -0.3 is 10.6 Å². The van der Waals surface area contributed by atoms with Crippen LogP contribution in [0.1, 0.15) is 23.0 Å². The van der Waals surface area contributed by atoms with Crippen molar-refractivity contribution in [1.82, 2.24) is 20.5 Å². The normalized spacial score (nSPS) is 9.95. The number of nitrogens with one attached hydrogen (secondary N) is 2. The average Bonchev–Trinajstić information content (AvgIpc) is 2.47. The van der Waals surface area contributed by atoms with Gasteiger partial charge in [-0.15, -0.1) is 0 Å². The fraction of sp³-hybridized carbons (Fsp3) is 0.231. The lowest BCUT2D eigenvalue weighted by atomic mass is 10.2. The highest BCUT2D eigenvalue weighted by Gasteiger charge is 2.10. The van der Waals surface area contributed by atoms with E-state index in [1.54, 1.807) is 30.7 Å². The molecule has 0 fully saturated rings. The van der Waals surface area contributed by atoms with Gasteiger partial charge in [-0.25, -0.2) is 0 Å². The molecule has 0 aliphatic heterocycles. The minimum atomic E-state index is -0.185. The number of aromatic nitrogens is 3. The highest BCUT2D eigenvalue weighted by atomic mass is 16.1. The second kappa shape index (κ2) is 6.44. The Labute approximate surface area is 111 Å². The monoisotopic (exact) mass is 257 g/mol. The van der Waals surface area contributed by atoms with Crippen molar-refractivity contribution in [2.45, 2.75) is 13.5 Å². The van der Waals surface area contributed by atoms with Crippen LogP contribution >= 0.6 is 0 Å². The number of rotatable bonds is 5. The standard InChI is InChI=1S/C13H15N5O/c1-2-15-12-5-7-14-9-11(12)13(19)16-8-10-4-3-6-17-18-10/h3-7,9H,2,8H2,1H3,(H,14,15)(H,16,19). The summed E-state index contributed by atoms with van der Waals surface area (Å²) in [6.45, 7) is 3.06. The van der Waals surface area contributed by atoms with Crippen LogP contribution < -0.4 is 10.6 Å². The van der Waals surface area contributed by atoms with Crippen molar-refractivity contribution in [3.63, 3.8) is 0 Å². The van der Waals surface area contributed by atoms with Crippen LogP contribution in [0.5, 0.6) is 0 Å². The maximum absolute atomic E-state index is 12.1. The Bertz CT molecular complexity index is 544. The molecule has 6 heteroatoms. The largest absolute Gasteiger partial charge is 0.385 e. The van der Waals surface area contributed by atoms with Crippen molar-refractivity contribution in [1.29, 1.82) is 0 Å². The van der Waals surface area contributed by atoms with Gasteiger partial charge in [0.1, 0.15) is 0 Å². The summed E-state index contributed by atoms with van der Waals surface area (Å²) in [7, 11) is 0. The van der Waals surface area contributed by atoms with E-state index in [2.05, 4.69) is 25.8 Å². The lowest BCUT2D eigenvalue weighted by Crippen LogP contribution is -2.24. The summed E-state index contributed by atoms with van der Waals surface area (Å²) in [5.41, 5.74) is 2.01. The summed E-state index contributed by atoms with van der Waals surface area (Å²) in [5, 5.41) is 13.6. The third kappa shape index (κ3) is 3.48. The molecule has 0 saturated carbocycles. The van der Waals surface area contributed by atoms with Crippen molar-refractivity contribution in [3.8, 4) is 0 Å². The van der Waals surface area contributed by atoms with Crippen LogP contribution in [0.3, 0.4) is 0 Å². The lowest BCUT2D eigenvalue weighted by molar-refractivity contribution is 0.0951. The van der Waals surface area contributed by atoms with Gasteiger partial charge in [0, 0.05) is 25.1 Å². The molecule has 0 spiro atoms. The Kier molecular flexibility index (Phi) is 4.39. The molecule has 0 atom stereocenters. The van der Waals surface area contributed by atoms with Crippen LogP contribution in [0.4, 0.5) is 5.69 Å². The molecule has 19 heavy (non-hydrogen) atoms. The van der Waals surface area contributed by atoms with E-state index in [-0.39, 0.29) is 5.91 Å². The first kappa shape index (κ1) is 12.9. The van der Waals surface area contributed by atoms with Gasteiger partial charge in [0.2, 0.25) is 0 Å². The van der Waals surface area contributed by atoms with E-state index in [0.717, 1.165) is 12.2 Å². The third-order valence-corrected chi connectivity index (χ3v) is 2.49. The van der Waals surface area contributed by atoms with Crippen LogP contribution in [0, 0.1) is 0 Å². The van der Waals surface area contributed by atoms with E-state index in [0.29, 0.717) is 17.8 Å². The molecule has 2 rings (SSSR count). The fourth-order valence-corrected chi connectivity index (χ4v) is 1.61. The molecule has 1 amide bonds. The Morgan fingerprint density at radius 1 is 1.32 bits per heavy atom. The maximum Gasteiger partial charge on any atom is 0.255 e.